The van der Waals surface area contributed by atoms with E-state index in [-0.39, 0.29) is 30.8 Å². The van der Waals surface area contributed by atoms with E-state index in [1.807, 2.05) is 25.1 Å². The normalized spacial score (nSPS) is 24.2. The molecule has 5 amide bonds. The Labute approximate surface area is 238 Å². The fraction of sp³-hybridized carbons (Fsp3) is 0.448. The Kier molecular flexibility index (Phi) is 7.24. The number of halogens is 1. The van der Waals surface area contributed by atoms with Crippen LogP contribution in [0.5, 0.6) is 0 Å². The van der Waals surface area contributed by atoms with E-state index in [0.29, 0.717) is 35.3 Å². The summed E-state index contributed by atoms with van der Waals surface area (Å²) < 4.78 is 0. The first-order valence-electron chi connectivity index (χ1n) is 13.8. The van der Waals surface area contributed by atoms with E-state index in [2.05, 4.69) is 25.8 Å². The van der Waals surface area contributed by atoms with Crippen LogP contribution in [0, 0.1) is 6.92 Å². The average molecular weight is 565 g/mol. The maximum atomic E-state index is 13.1. The zero-order valence-electron chi connectivity index (χ0n) is 22.5. The fourth-order valence-electron chi connectivity index (χ4n) is 6.23. The third-order valence-corrected chi connectivity index (χ3v) is 8.99. The molecule has 2 aromatic rings. The number of hydrogen-bond acceptors (Lipinski definition) is 6. The van der Waals surface area contributed by atoms with Gasteiger partial charge >= 0.3 is 6.03 Å². The van der Waals surface area contributed by atoms with Crippen molar-refractivity contribution in [3.05, 3.63) is 63.2 Å². The Bertz CT molecular complexity index is 1400. The summed E-state index contributed by atoms with van der Waals surface area (Å²) in [5.41, 5.74) is 4.89. The Morgan fingerprint density at radius 3 is 2.77 bits per heavy atom. The molecular weight excluding hydrogens is 532 g/mol. The van der Waals surface area contributed by atoms with Crippen LogP contribution < -0.4 is 16.0 Å². The van der Waals surface area contributed by atoms with Crippen molar-refractivity contribution >= 4 is 41.0 Å². The van der Waals surface area contributed by atoms with Crippen LogP contribution in [0.1, 0.15) is 51.9 Å². The van der Waals surface area contributed by atoms with Crippen LogP contribution in [0.2, 0.25) is 5.02 Å². The number of piperazine rings is 1. The van der Waals surface area contributed by atoms with E-state index < -0.39 is 11.9 Å². The Morgan fingerprint density at radius 1 is 1.10 bits per heavy atom. The molecule has 0 spiro atoms. The molecule has 0 radical (unpaired) electrons. The second-order valence-corrected chi connectivity index (χ2v) is 11.6. The van der Waals surface area contributed by atoms with Gasteiger partial charge in [-0.15, -0.1) is 0 Å². The second kappa shape index (κ2) is 10.8. The van der Waals surface area contributed by atoms with Gasteiger partial charge in [0.15, 0.2) is 0 Å². The first-order valence-corrected chi connectivity index (χ1v) is 14.2. The van der Waals surface area contributed by atoms with Crippen molar-refractivity contribution in [1.82, 2.24) is 25.3 Å². The largest absolute Gasteiger partial charge is 0.334 e. The molecule has 4 aliphatic heterocycles. The molecule has 3 N–H and O–H groups in total. The third kappa shape index (κ3) is 5.31. The number of carbonyl (C=O) groups is 4. The van der Waals surface area contributed by atoms with Gasteiger partial charge in [-0.3, -0.25) is 24.6 Å². The van der Waals surface area contributed by atoms with E-state index >= 15 is 0 Å². The highest BCUT2D eigenvalue weighted by atomic mass is 35.5. The zero-order valence-corrected chi connectivity index (χ0v) is 23.2. The van der Waals surface area contributed by atoms with Crippen LogP contribution in [-0.2, 0) is 29.2 Å². The highest BCUT2D eigenvalue weighted by Gasteiger charge is 2.39. The number of piperidine rings is 1. The molecule has 3 fully saturated rings. The van der Waals surface area contributed by atoms with Gasteiger partial charge in [0.1, 0.15) is 6.04 Å². The molecule has 11 heteroatoms. The van der Waals surface area contributed by atoms with Crippen molar-refractivity contribution in [1.29, 1.82) is 0 Å². The lowest BCUT2D eigenvalue weighted by Gasteiger charge is -2.34. The molecule has 0 saturated carbocycles. The van der Waals surface area contributed by atoms with Crippen molar-refractivity contribution in [2.75, 3.05) is 31.5 Å². The van der Waals surface area contributed by atoms with Gasteiger partial charge in [-0.25, -0.2) is 4.79 Å². The number of hydrogen-bond donors (Lipinski definition) is 3. The summed E-state index contributed by atoms with van der Waals surface area (Å²) in [5.74, 6) is -0.985. The van der Waals surface area contributed by atoms with E-state index in [0.717, 1.165) is 48.4 Å². The minimum Gasteiger partial charge on any atom is -0.334 e. The van der Waals surface area contributed by atoms with Crippen molar-refractivity contribution in [2.45, 2.75) is 57.9 Å². The van der Waals surface area contributed by atoms with Crippen molar-refractivity contribution in [2.24, 2.45) is 0 Å². The molecule has 2 bridgehead atoms. The SMILES string of the molecule is Cc1c(Cl)cc(NC(=O)NCc2ccc3c(c2)C(=O)N(C2CCC(=O)NC2=O)C3)cc1CN1CCN2CCC1C2. The quantitative estimate of drug-likeness (QED) is 0.465. The predicted molar refractivity (Wildman–Crippen MR) is 150 cm³/mol. The first-order chi connectivity index (χ1) is 19.2. The Balaban J connectivity index is 1.07. The van der Waals surface area contributed by atoms with Gasteiger partial charge in [0.2, 0.25) is 11.8 Å². The Morgan fingerprint density at radius 2 is 1.95 bits per heavy atom. The predicted octanol–water partition coefficient (Wildman–Crippen LogP) is 2.62. The molecule has 4 heterocycles. The van der Waals surface area contributed by atoms with E-state index in [1.54, 1.807) is 12.1 Å². The van der Waals surface area contributed by atoms with Gasteiger partial charge in [0.25, 0.3) is 5.91 Å². The average Bonchev–Trinajstić information content (AvgIpc) is 3.47. The molecule has 2 aromatic carbocycles. The molecule has 3 atom stereocenters. The van der Waals surface area contributed by atoms with Crippen molar-refractivity contribution in [3.8, 4) is 0 Å². The van der Waals surface area contributed by atoms with Crippen LogP contribution in [0.3, 0.4) is 0 Å². The van der Waals surface area contributed by atoms with Crippen LogP contribution in [0.4, 0.5) is 10.5 Å². The molecule has 0 aliphatic carbocycles. The lowest BCUT2D eigenvalue weighted by atomic mass is 10.0. The molecule has 10 nitrogen and oxygen atoms in total. The lowest BCUT2D eigenvalue weighted by Crippen LogP contribution is -2.52. The molecule has 3 saturated heterocycles. The number of carbonyl (C=O) groups excluding carboxylic acids is 4. The van der Waals surface area contributed by atoms with Gasteiger partial charge in [0, 0.05) is 68.0 Å². The number of fused-ring (bicyclic) bond motifs is 3. The molecule has 210 valence electrons. The summed E-state index contributed by atoms with van der Waals surface area (Å²) in [6.45, 7) is 7.78. The molecule has 40 heavy (non-hydrogen) atoms. The number of amides is 5. The number of rotatable bonds is 6. The molecule has 6 rings (SSSR count). The lowest BCUT2D eigenvalue weighted by molar-refractivity contribution is -0.136. The summed E-state index contributed by atoms with van der Waals surface area (Å²) in [4.78, 5) is 56.2. The highest BCUT2D eigenvalue weighted by Crippen LogP contribution is 2.30. The number of nitrogens with one attached hydrogen (secondary N) is 3. The maximum Gasteiger partial charge on any atom is 0.319 e. The van der Waals surface area contributed by atoms with E-state index in [1.165, 1.54) is 17.9 Å². The Hall–Kier alpha value is -3.47. The van der Waals surface area contributed by atoms with Gasteiger partial charge in [-0.2, -0.15) is 0 Å². The van der Waals surface area contributed by atoms with Gasteiger partial charge < -0.3 is 20.4 Å². The third-order valence-electron chi connectivity index (χ3n) is 8.60. The second-order valence-electron chi connectivity index (χ2n) is 11.2. The highest BCUT2D eigenvalue weighted by molar-refractivity contribution is 6.31. The smallest absolute Gasteiger partial charge is 0.319 e. The van der Waals surface area contributed by atoms with Crippen LogP contribution in [-0.4, -0.2) is 76.7 Å². The molecule has 0 aromatic heterocycles. The number of urea groups is 1. The summed E-state index contributed by atoms with van der Waals surface area (Å²) in [6.07, 6.45) is 1.73. The molecular formula is C29H33ClN6O4. The van der Waals surface area contributed by atoms with E-state index in [9.17, 15) is 19.2 Å². The van der Waals surface area contributed by atoms with Crippen LogP contribution in [0.15, 0.2) is 30.3 Å². The zero-order chi connectivity index (χ0) is 28.0. The van der Waals surface area contributed by atoms with Crippen LogP contribution in [0.25, 0.3) is 0 Å². The standard InChI is InChI=1S/C29H33ClN6O4/c1-17-20(14-35-9-8-34-7-6-22(35)16-34)11-21(12-24(17)30)32-29(40)31-13-18-2-3-19-15-36(28(39)23(19)10-18)25-4-5-26(37)33-27(25)38/h2-3,10-12,22,25H,4-9,13-16H2,1H3,(H2,31,32,40)(H,33,37,38). The van der Waals surface area contributed by atoms with Gasteiger partial charge in [0.05, 0.1) is 0 Å². The topological polar surface area (TPSA) is 114 Å². The first kappa shape index (κ1) is 26.7. The van der Waals surface area contributed by atoms with Gasteiger partial charge in [-0.1, -0.05) is 23.7 Å². The summed E-state index contributed by atoms with van der Waals surface area (Å²) in [5, 5.41) is 8.70. The summed E-state index contributed by atoms with van der Waals surface area (Å²) in [6, 6.07) is 8.79. The number of imide groups is 1. The monoisotopic (exact) mass is 564 g/mol. The van der Waals surface area contributed by atoms with Crippen molar-refractivity contribution in [3.63, 3.8) is 0 Å². The van der Waals surface area contributed by atoms with Crippen molar-refractivity contribution < 1.29 is 19.2 Å². The van der Waals surface area contributed by atoms with Crippen LogP contribution >= 0.6 is 11.6 Å². The minimum absolute atomic E-state index is 0.214. The fourth-order valence-corrected chi connectivity index (χ4v) is 6.47. The number of benzene rings is 2. The summed E-state index contributed by atoms with van der Waals surface area (Å²) in [7, 11) is 0. The minimum atomic E-state index is -0.654. The van der Waals surface area contributed by atoms with E-state index in [4.69, 9.17) is 11.6 Å². The molecule has 3 unspecified atom stereocenters. The number of anilines is 1. The molecule has 4 aliphatic rings. The maximum absolute atomic E-state index is 13.1. The van der Waals surface area contributed by atoms with Gasteiger partial charge in [-0.05, 0) is 66.8 Å². The number of nitrogens with zero attached hydrogens (tertiary/aromatic N) is 3. The summed E-state index contributed by atoms with van der Waals surface area (Å²) >= 11 is 6.55.